The molecule has 0 aromatic heterocycles. The molecular weight excluding hydrogens is 352 g/mol. The molecule has 0 aliphatic heterocycles. The molecule has 2 N–H and O–H groups in total. The predicted molar refractivity (Wildman–Crippen MR) is 115 cm³/mol. The largest absolute Gasteiger partial charge is 0.494 e. The molecule has 0 spiro atoms. The van der Waals surface area contributed by atoms with E-state index in [1.165, 1.54) is 19.3 Å². The number of ether oxygens (including phenoxy) is 2. The number of para-hydroxylation sites is 2. The fourth-order valence-electron chi connectivity index (χ4n) is 2.72. The van der Waals surface area contributed by atoms with Crippen molar-refractivity contribution in [3.05, 3.63) is 48.5 Å². The van der Waals surface area contributed by atoms with Crippen LogP contribution in [0.1, 0.15) is 46.5 Å². The van der Waals surface area contributed by atoms with Crippen LogP contribution in [-0.4, -0.2) is 25.2 Å². The van der Waals surface area contributed by atoms with Crippen LogP contribution < -0.4 is 20.1 Å². The van der Waals surface area contributed by atoms with Gasteiger partial charge in [-0.05, 0) is 44.5 Å². The smallest absolute Gasteiger partial charge is 0.243 e. The number of hydrogen-bond donors (Lipinski definition) is 2. The van der Waals surface area contributed by atoms with Gasteiger partial charge in [-0.1, -0.05) is 44.4 Å². The highest BCUT2D eigenvalue weighted by Gasteiger charge is 2.09. The second-order valence-electron chi connectivity index (χ2n) is 7.00. The van der Waals surface area contributed by atoms with E-state index < -0.39 is 0 Å². The van der Waals surface area contributed by atoms with Gasteiger partial charge in [-0.15, -0.1) is 0 Å². The molecule has 0 bridgehead atoms. The maximum atomic E-state index is 12.3. The van der Waals surface area contributed by atoms with Gasteiger partial charge in [0, 0.05) is 11.8 Å². The van der Waals surface area contributed by atoms with Crippen molar-refractivity contribution in [2.24, 2.45) is 0 Å². The predicted octanol–water partition coefficient (Wildman–Crippen LogP) is 5.48. The molecule has 2 aromatic rings. The van der Waals surface area contributed by atoms with Gasteiger partial charge >= 0.3 is 0 Å². The number of carbonyl (C=O) groups is 1. The summed E-state index contributed by atoms with van der Waals surface area (Å²) in [5.41, 5.74) is 1.53. The van der Waals surface area contributed by atoms with Gasteiger partial charge in [-0.3, -0.25) is 4.79 Å². The van der Waals surface area contributed by atoms with E-state index in [9.17, 15) is 4.79 Å². The summed E-state index contributed by atoms with van der Waals surface area (Å²) in [6.07, 6.45) is 4.75. The van der Waals surface area contributed by atoms with Crippen LogP contribution in [-0.2, 0) is 4.79 Å². The van der Waals surface area contributed by atoms with E-state index in [4.69, 9.17) is 9.47 Å². The van der Waals surface area contributed by atoms with Gasteiger partial charge in [0.25, 0.3) is 0 Å². The number of nitrogens with one attached hydrogen (secondary N) is 2. The summed E-state index contributed by atoms with van der Waals surface area (Å²) in [6.45, 7) is 6.99. The SMILES string of the molecule is CCCCCCOc1cccc(NCC(=O)Nc2ccccc2OC(C)C)c1. The summed E-state index contributed by atoms with van der Waals surface area (Å²) in [7, 11) is 0. The number of benzene rings is 2. The molecule has 0 aliphatic carbocycles. The van der Waals surface area contributed by atoms with E-state index in [1.807, 2.05) is 62.4 Å². The van der Waals surface area contributed by atoms with E-state index in [0.29, 0.717) is 11.4 Å². The summed E-state index contributed by atoms with van der Waals surface area (Å²) < 4.78 is 11.5. The van der Waals surface area contributed by atoms with Crippen molar-refractivity contribution < 1.29 is 14.3 Å². The van der Waals surface area contributed by atoms with Crippen LogP contribution in [0.3, 0.4) is 0 Å². The molecule has 0 fully saturated rings. The van der Waals surface area contributed by atoms with Crippen LogP contribution in [0, 0.1) is 0 Å². The highest BCUT2D eigenvalue weighted by Crippen LogP contribution is 2.25. The molecule has 1 amide bonds. The van der Waals surface area contributed by atoms with E-state index in [1.54, 1.807) is 0 Å². The first-order valence-electron chi connectivity index (χ1n) is 10.1. The third-order valence-corrected chi connectivity index (χ3v) is 4.08. The van der Waals surface area contributed by atoms with Crippen molar-refractivity contribution in [2.45, 2.75) is 52.6 Å². The number of anilines is 2. The molecule has 28 heavy (non-hydrogen) atoms. The van der Waals surface area contributed by atoms with Gasteiger partial charge in [0.15, 0.2) is 0 Å². The molecular formula is C23H32N2O3. The van der Waals surface area contributed by atoms with Crippen molar-refractivity contribution in [1.29, 1.82) is 0 Å². The highest BCUT2D eigenvalue weighted by atomic mass is 16.5. The van der Waals surface area contributed by atoms with E-state index >= 15 is 0 Å². The fourth-order valence-corrected chi connectivity index (χ4v) is 2.72. The molecule has 0 heterocycles. The standard InChI is InChI=1S/C23H32N2O3/c1-4-5-6-9-15-27-20-12-10-11-19(16-20)24-17-23(26)25-21-13-7-8-14-22(21)28-18(2)3/h7-8,10-14,16,18,24H,4-6,9,15,17H2,1-3H3,(H,25,26). The summed E-state index contributed by atoms with van der Waals surface area (Å²) in [4.78, 5) is 12.3. The summed E-state index contributed by atoms with van der Waals surface area (Å²) >= 11 is 0. The van der Waals surface area contributed by atoms with Crippen LogP contribution in [0.25, 0.3) is 0 Å². The molecule has 2 rings (SSSR count). The lowest BCUT2D eigenvalue weighted by molar-refractivity contribution is -0.114. The maximum absolute atomic E-state index is 12.3. The summed E-state index contributed by atoms with van der Waals surface area (Å²) in [5, 5.41) is 6.04. The number of unbranched alkanes of at least 4 members (excludes halogenated alkanes) is 3. The summed E-state index contributed by atoms with van der Waals surface area (Å²) in [5.74, 6) is 1.35. The van der Waals surface area contributed by atoms with Gasteiger partial charge < -0.3 is 20.1 Å². The normalized spacial score (nSPS) is 10.6. The molecule has 0 atom stereocenters. The van der Waals surface area contributed by atoms with Gasteiger partial charge in [-0.2, -0.15) is 0 Å². The second-order valence-corrected chi connectivity index (χ2v) is 7.00. The van der Waals surface area contributed by atoms with Gasteiger partial charge in [-0.25, -0.2) is 0 Å². The van der Waals surface area contributed by atoms with Gasteiger partial charge in [0.1, 0.15) is 11.5 Å². The molecule has 0 saturated heterocycles. The Balaban J connectivity index is 1.82. The van der Waals surface area contributed by atoms with Gasteiger partial charge in [0.05, 0.1) is 24.9 Å². The Bertz CT molecular complexity index is 731. The number of amides is 1. The average molecular weight is 385 g/mol. The van der Waals surface area contributed by atoms with Crippen LogP contribution >= 0.6 is 0 Å². The van der Waals surface area contributed by atoms with Crippen molar-refractivity contribution >= 4 is 17.3 Å². The Morgan fingerprint density at radius 1 is 1.04 bits per heavy atom. The molecule has 0 saturated carbocycles. The topological polar surface area (TPSA) is 59.6 Å². The van der Waals surface area contributed by atoms with Crippen molar-refractivity contribution in [3.63, 3.8) is 0 Å². The second kappa shape index (κ2) is 11.9. The van der Waals surface area contributed by atoms with Crippen molar-refractivity contribution in [2.75, 3.05) is 23.8 Å². The Morgan fingerprint density at radius 3 is 2.64 bits per heavy atom. The zero-order chi connectivity index (χ0) is 20.2. The zero-order valence-electron chi connectivity index (χ0n) is 17.2. The average Bonchev–Trinajstić information content (AvgIpc) is 2.68. The number of hydrogen-bond acceptors (Lipinski definition) is 4. The molecule has 152 valence electrons. The molecule has 5 nitrogen and oxygen atoms in total. The van der Waals surface area contributed by atoms with E-state index in [-0.39, 0.29) is 18.6 Å². The maximum Gasteiger partial charge on any atom is 0.243 e. The van der Waals surface area contributed by atoms with E-state index in [0.717, 1.165) is 24.5 Å². The van der Waals surface area contributed by atoms with Crippen LogP contribution in [0.15, 0.2) is 48.5 Å². The Morgan fingerprint density at radius 2 is 1.86 bits per heavy atom. The first-order chi connectivity index (χ1) is 13.6. The minimum atomic E-state index is -0.134. The van der Waals surface area contributed by atoms with E-state index in [2.05, 4.69) is 17.6 Å². The Labute approximate surface area is 168 Å². The molecule has 0 radical (unpaired) electrons. The minimum Gasteiger partial charge on any atom is -0.494 e. The monoisotopic (exact) mass is 384 g/mol. The van der Waals surface area contributed by atoms with Crippen LogP contribution in [0.4, 0.5) is 11.4 Å². The number of carbonyl (C=O) groups excluding carboxylic acids is 1. The summed E-state index contributed by atoms with van der Waals surface area (Å²) in [6, 6.07) is 15.2. The first kappa shape index (κ1) is 21.6. The lowest BCUT2D eigenvalue weighted by atomic mass is 10.2. The van der Waals surface area contributed by atoms with Gasteiger partial charge in [0.2, 0.25) is 5.91 Å². The molecule has 2 aromatic carbocycles. The first-order valence-corrected chi connectivity index (χ1v) is 10.1. The van der Waals surface area contributed by atoms with Crippen LogP contribution in [0.2, 0.25) is 0 Å². The van der Waals surface area contributed by atoms with Crippen molar-refractivity contribution in [3.8, 4) is 11.5 Å². The Kier molecular flexibility index (Phi) is 9.19. The highest BCUT2D eigenvalue weighted by molar-refractivity contribution is 5.95. The molecule has 0 unspecified atom stereocenters. The fraction of sp³-hybridized carbons (Fsp3) is 0.435. The zero-order valence-corrected chi connectivity index (χ0v) is 17.2. The third-order valence-electron chi connectivity index (χ3n) is 4.08. The minimum absolute atomic E-state index is 0.0425. The lowest BCUT2D eigenvalue weighted by Gasteiger charge is -2.15. The quantitative estimate of drug-likeness (QED) is 0.476. The third kappa shape index (κ3) is 7.91. The molecule has 5 heteroatoms. The van der Waals surface area contributed by atoms with Crippen LogP contribution in [0.5, 0.6) is 11.5 Å². The van der Waals surface area contributed by atoms with Crippen molar-refractivity contribution in [1.82, 2.24) is 0 Å². The lowest BCUT2D eigenvalue weighted by Crippen LogP contribution is -2.22. The molecule has 0 aliphatic rings. The number of rotatable bonds is 12. The Hall–Kier alpha value is -2.69.